The van der Waals surface area contributed by atoms with Crippen LogP contribution in [-0.4, -0.2) is 58.3 Å². The van der Waals surface area contributed by atoms with Crippen LogP contribution in [0.1, 0.15) is 5.56 Å². The first kappa shape index (κ1) is 19.1. The highest BCUT2D eigenvalue weighted by molar-refractivity contribution is 5.43. The summed E-state index contributed by atoms with van der Waals surface area (Å²) in [5, 5.41) is 3.05. The summed E-state index contributed by atoms with van der Waals surface area (Å²) in [6, 6.07) is 3.61. The number of aromatic nitrogens is 1. The minimum Gasteiger partial charge on any atom is -0.382 e. The molecule has 126 valence electrons. The Morgan fingerprint density at radius 2 is 1.78 bits per heavy atom. The Kier molecular flexibility index (Phi) is 10.5. The zero-order valence-electron chi connectivity index (χ0n) is 13.5. The topological polar surface area (TPSA) is 61.8 Å². The number of ether oxygens (including phenoxy) is 4. The number of hydrogen-bond acceptors (Lipinski definition) is 6. The highest BCUT2D eigenvalue weighted by Gasteiger charge is 1.98. The Morgan fingerprint density at radius 1 is 1.13 bits per heavy atom. The molecule has 1 heterocycles. The maximum absolute atomic E-state index is 5.45. The van der Waals surface area contributed by atoms with Gasteiger partial charge in [-0.05, 0) is 12.1 Å². The molecule has 0 aromatic carbocycles. The van der Waals surface area contributed by atoms with Crippen molar-refractivity contribution < 1.29 is 18.9 Å². The molecule has 0 aliphatic carbocycles. The van der Waals surface area contributed by atoms with Crippen LogP contribution in [0.25, 0.3) is 0 Å². The Balaban J connectivity index is 1.98. The van der Waals surface area contributed by atoms with Gasteiger partial charge in [0.15, 0.2) is 0 Å². The molecule has 0 fully saturated rings. The second kappa shape index (κ2) is 12.6. The van der Waals surface area contributed by atoms with E-state index in [1.807, 2.05) is 6.07 Å². The van der Waals surface area contributed by atoms with E-state index < -0.39 is 0 Å². The van der Waals surface area contributed by atoms with Crippen molar-refractivity contribution in [1.29, 1.82) is 0 Å². The first-order valence-corrected chi connectivity index (χ1v) is 7.36. The van der Waals surface area contributed by atoms with Crippen LogP contribution in [0, 0.1) is 12.3 Å². The first-order chi connectivity index (χ1) is 11.3. The molecule has 1 N–H and O–H groups in total. The number of hydrogen-bond donors (Lipinski definition) is 1. The summed E-state index contributed by atoms with van der Waals surface area (Å²) in [6.07, 6.45) is 6.90. The molecule has 23 heavy (non-hydrogen) atoms. The van der Waals surface area contributed by atoms with E-state index in [1.165, 1.54) is 0 Å². The molecule has 1 aromatic rings. The van der Waals surface area contributed by atoms with Crippen LogP contribution in [0.15, 0.2) is 30.6 Å². The lowest BCUT2D eigenvalue weighted by atomic mass is 10.3. The number of nitrogens with one attached hydrogen (secondary N) is 1. The van der Waals surface area contributed by atoms with Crippen molar-refractivity contribution in [2.75, 3.05) is 58.7 Å². The summed E-state index contributed by atoms with van der Waals surface area (Å²) in [6.45, 7) is 7.53. The van der Waals surface area contributed by atoms with Gasteiger partial charge in [-0.3, -0.25) is 0 Å². The highest BCUT2D eigenvalue weighted by atomic mass is 16.6. The van der Waals surface area contributed by atoms with Gasteiger partial charge < -0.3 is 24.3 Å². The molecule has 0 aliphatic heterocycles. The van der Waals surface area contributed by atoms with Gasteiger partial charge in [0.1, 0.15) is 5.82 Å². The number of anilines is 1. The number of nitrogens with zero attached hydrogens (tertiary/aromatic N) is 1. The van der Waals surface area contributed by atoms with Crippen LogP contribution in [0.3, 0.4) is 0 Å². The maximum atomic E-state index is 5.45. The summed E-state index contributed by atoms with van der Waals surface area (Å²) in [4.78, 5) is 4.17. The van der Waals surface area contributed by atoms with E-state index in [0.29, 0.717) is 57.8 Å². The summed E-state index contributed by atoms with van der Waals surface area (Å²) >= 11 is 0. The van der Waals surface area contributed by atoms with Crippen molar-refractivity contribution in [2.45, 2.75) is 0 Å². The van der Waals surface area contributed by atoms with E-state index in [1.54, 1.807) is 19.4 Å². The van der Waals surface area contributed by atoms with E-state index in [9.17, 15) is 0 Å². The summed E-state index contributed by atoms with van der Waals surface area (Å²) in [5.74, 6) is 3.20. The third-order valence-corrected chi connectivity index (χ3v) is 2.69. The summed E-state index contributed by atoms with van der Waals surface area (Å²) < 4.78 is 20.9. The van der Waals surface area contributed by atoms with Gasteiger partial charge >= 0.3 is 0 Å². The molecule has 6 nitrogen and oxygen atoms in total. The molecule has 1 aromatic heterocycles. The third-order valence-electron chi connectivity index (χ3n) is 2.69. The average Bonchev–Trinajstić information content (AvgIpc) is 2.57. The largest absolute Gasteiger partial charge is 0.382 e. The predicted molar refractivity (Wildman–Crippen MR) is 89.3 cm³/mol. The number of rotatable bonds is 13. The van der Waals surface area contributed by atoms with E-state index in [4.69, 9.17) is 25.4 Å². The summed E-state index contributed by atoms with van der Waals surface area (Å²) in [5.41, 5.74) is 1.45. The van der Waals surface area contributed by atoms with Crippen molar-refractivity contribution in [2.24, 2.45) is 0 Å². The predicted octanol–water partition coefficient (Wildman–Crippen LogP) is 1.68. The lowest BCUT2D eigenvalue weighted by molar-refractivity contribution is 0.00651. The fourth-order valence-electron chi connectivity index (χ4n) is 1.55. The fraction of sp³-hybridized carbons (Fsp3) is 0.471. The average molecular weight is 320 g/mol. The van der Waals surface area contributed by atoms with Gasteiger partial charge in [-0.1, -0.05) is 12.5 Å². The standard InChI is InChI=1S/C17H24N2O4/c1-4-16-5-6-17(18-13-16)19-15(2)14-23-12-11-22-10-9-21-8-7-20-3/h1,5-6,13H,2,7-12,14H2,3H3,(H,18,19). The SMILES string of the molecule is C#Cc1ccc(NC(=C)COCCOCCOCCOC)nc1. The van der Waals surface area contributed by atoms with Crippen LogP contribution in [0.5, 0.6) is 0 Å². The molecule has 0 aliphatic rings. The van der Waals surface area contributed by atoms with Gasteiger partial charge in [0, 0.05) is 24.6 Å². The Bertz CT molecular complexity index is 482. The van der Waals surface area contributed by atoms with Gasteiger partial charge in [0.05, 0.1) is 46.2 Å². The Labute approximate surface area is 137 Å². The van der Waals surface area contributed by atoms with E-state index in [-0.39, 0.29) is 0 Å². The Hall–Kier alpha value is -1.91. The molecule has 0 spiro atoms. The molecule has 0 saturated heterocycles. The van der Waals surface area contributed by atoms with Gasteiger partial charge in [0.2, 0.25) is 0 Å². The maximum Gasteiger partial charge on any atom is 0.130 e. The molecule has 0 unspecified atom stereocenters. The number of methoxy groups -OCH3 is 1. The molecule has 0 bridgehead atoms. The van der Waals surface area contributed by atoms with Gasteiger partial charge in [-0.2, -0.15) is 0 Å². The zero-order chi connectivity index (χ0) is 16.8. The van der Waals surface area contributed by atoms with E-state index in [0.717, 1.165) is 5.56 Å². The lowest BCUT2D eigenvalue weighted by Crippen LogP contribution is -2.13. The third kappa shape index (κ3) is 9.66. The van der Waals surface area contributed by atoms with Crippen LogP contribution in [0.2, 0.25) is 0 Å². The van der Waals surface area contributed by atoms with Crippen LogP contribution in [0.4, 0.5) is 5.82 Å². The Morgan fingerprint density at radius 3 is 2.35 bits per heavy atom. The number of terminal acetylenes is 1. The first-order valence-electron chi connectivity index (χ1n) is 7.36. The highest BCUT2D eigenvalue weighted by Crippen LogP contribution is 2.06. The van der Waals surface area contributed by atoms with Crippen molar-refractivity contribution in [1.82, 2.24) is 4.98 Å². The molecular formula is C17H24N2O4. The summed E-state index contributed by atoms with van der Waals surface area (Å²) in [7, 11) is 1.64. The van der Waals surface area contributed by atoms with Gasteiger partial charge in [0.25, 0.3) is 0 Å². The van der Waals surface area contributed by atoms with Crippen molar-refractivity contribution in [3.63, 3.8) is 0 Å². The molecule has 0 radical (unpaired) electrons. The number of pyridine rings is 1. The monoisotopic (exact) mass is 320 g/mol. The second-order valence-electron chi connectivity index (χ2n) is 4.58. The van der Waals surface area contributed by atoms with E-state index >= 15 is 0 Å². The minimum absolute atomic E-state index is 0.381. The van der Waals surface area contributed by atoms with E-state index in [2.05, 4.69) is 22.8 Å². The minimum atomic E-state index is 0.381. The van der Waals surface area contributed by atoms with Crippen LogP contribution < -0.4 is 5.32 Å². The molecule has 0 amide bonds. The molecule has 0 atom stereocenters. The van der Waals surface area contributed by atoms with Crippen molar-refractivity contribution in [3.8, 4) is 12.3 Å². The van der Waals surface area contributed by atoms with Gasteiger partial charge in [-0.15, -0.1) is 6.42 Å². The normalized spacial score (nSPS) is 10.3. The molecule has 1 rings (SSSR count). The zero-order valence-corrected chi connectivity index (χ0v) is 13.5. The molecule has 6 heteroatoms. The van der Waals surface area contributed by atoms with Crippen molar-refractivity contribution >= 4 is 5.82 Å². The van der Waals surface area contributed by atoms with Gasteiger partial charge in [-0.25, -0.2) is 4.98 Å². The van der Waals surface area contributed by atoms with Crippen molar-refractivity contribution in [3.05, 3.63) is 36.2 Å². The smallest absolute Gasteiger partial charge is 0.130 e. The van der Waals surface area contributed by atoms with Crippen LogP contribution >= 0.6 is 0 Å². The second-order valence-corrected chi connectivity index (χ2v) is 4.58. The fourth-order valence-corrected chi connectivity index (χ4v) is 1.55. The van der Waals surface area contributed by atoms with Crippen LogP contribution in [-0.2, 0) is 18.9 Å². The lowest BCUT2D eigenvalue weighted by Gasteiger charge is -2.10. The molecular weight excluding hydrogens is 296 g/mol. The molecule has 0 saturated carbocycles. The quantitative estimate of drug-likeness (QED) is 0.441.